The molecule has 6 aromatic heterocycles. The third-order valence-electron chi connectivity index (χ3n) is 13.0. The van der Waals surface area contributed by atoms with Crippen LogP contribution in [0.3, 0.4) is 0 Å². The van der Waals surface area contributed by atoms with E-state index >= 15 is 0 Å². The highest BCUT2D eigenvalue weighted by Crippen LogP contribution is 2.68. The Kier molecular flexibility index (Phi) is 18.0. The lowest BCUT2D eigenvalue weighted by Crippen LogP contribution is -2.40. The predicted molar refractivity (Wildman–Crippen MR) is 271 cm³/mol. The summed E-state index contributed by atoms with van der Waals surface area (Å²) in [4.78, 5) is 99.3. The van der Waals surface area contributed by atoms with E-state index in [1.165, 1.54) is 27.1 Å². The molecule has 458 valence electrons. The lowest BCUT2D eigenvalue weighted by Gasteiger charge is -2.31. The van der Waals surface area contributed by atoms with Gasteiger partial charge in [0.1, 0.15) is 54.6 Å². The summed E-state index contributed by atoms with van der Waals surface area (Å²) in [5, 5.41) is 33.3. The minimum Gasteiger partial charge on any atom is -0.756 e. The minimum absolute atomic E-state index is 0.0206. The van der Waals surface area contributed by atoms with Gasteiger partial charge in [-0.2, -0.15) is 23.2 Å². The number of aliphatic hydroxyl groups excluding tert-OH is 3. The number of ether oxygens (including phenoxy) is 4. The monoisotopic (exact) mass is 1280 g/mol. The molecule has 41 nitrogen and oxygen atoms in total. The van der Waals surface area contributed by atoms with E-state index in [1.807, 2.05) is 0 Å². The van der Waals surface area contributed by atoms with Crippen LogP contribution in [-0.2, 0) is 81.0 Å². The van der Waals surface area contributed by atoms with Crippen LogP contribution in [0, 0.1) is 5.92 Å². The number of hydrogen-bond donors (Lipinski definition) is 12. The van der Waals surface area contributed by atoms with Gasteiger partial charge in [0.2, 0.25) is 34.5 Å². The van der Waals surface area contributed by atoms with Gasteiger partial charge in [0.15, 0.2) is 35.1 Å². The summed E-state index contributed by atoms with van der Waals surface area (Å²) in [6.07, 6.45) is -13.4. The largest absolute Gasteiger partial charge is 0.756 e. The SMILES string of the molecule is CCCCS(=O)(=O)NC[C@H]1[C@@H](O)[C@H](n2c[n+](C)c3c(=O)[nH]c(N)nc32)O[C@@H]1COP(=O)(O)OP(=O)(O)OP(=O)(O)OC[C@H]1O[C@@H](n2cnc3c(N)ncnc32)[C@H](OC)[C@@H]1OP(=O)([O-])OC[C@H]1O[C@@H](n2cnc3c(=O)[nH]c(N)nc32)[C@H](O)[C@@H]1O. The Bertz CT molecular complexity index is 3830. The van der Waals surface area contributed by atoms with Crippen molar-refractivity contribution < 1.29 is 112 Å². The molecule has 3 aliphatic rings. The van der Waals surface area contributed by atoms with Gasteiger partial charge in [0, 0.05) is 19.6 Å². The Labute approximate surface area is 464 Å². The summed E-state index contributed by atoms with van der Waals surface area (Å²) in [6, 6.07) is 0. The number of aromatic amines is 2. The van der Waals surface area contributed by atoms with Crippen LogP contribution in [0.25, 0.3) is 33.5 Å². The van der Waals surface area contributed by atoms with E-state index in [2.05, 4.69) is 53.2 Å². The maximum Gasteiger partial charge on any atom is 0.490 e. The van der Waals surface area contributed by atoms with Crippen molar-refractivity contribution in [3.63, 3.8) is 0 Å². The summed E-state index contributed by atoms with van der Waals surface area (Å²) in [6.45, 7) is -2.34. The van der Waals surface area contributed by atoms with Gasteiger partial charge in [-0.1, -0.05) is 13.3 Å². The number of nitrogens with one attached hydrogen (secondary N) is 3. The summed E-state index contributed by atoms with van der Waals surface area (Å²) in [5.41, 5.74) is 15.4. The minimum atomic E-state index is -6.29. The van der Waals surface area contributed by atoms with Gasteiger partial charge in [0.25, 0.3) is 24.5 Å². The number of nitrogens with zero attached hydrogens (tertiary/aromatic N) is 10. The van der Waals surface area contributed by atoms with Crippen molar-refractivity contribution in [1.29, 1.82) is 0 Å². The molecule has 9 rings (SSSR count). The highest BCUT2D eigenvalue weighted by Gasteiger charge is 2.53. The normalized spacial score (nSPS) is 28.9. The number of anilines is 3. The van der Waals surface area contributed by atoms with E-state index in [0.29, 0.717) is 6.42 Å². The number of aryl methyl sites for hydroxylation is 1. The second kappa shape index (κ2) is 23.9. The molecule has 0 aliphatic carbocycles. The first-order valence-corrected chi connectivity index (χ1v) is 31.8. The molecular formula is C37H54N16O25P4S. The number of fused-ring (bicyclic) bond motifs is 3. The molecule has 0 aromatic carbocycles. The number of aromatic nitrogens is 12. The molecule has 3 aliphatic heterocycles. The molecule has 4 unspecified atom stereocenters. The Balaban J connectivity index is 0.880. The van der Waals surface area contributed by atoms with E-state index in [4.69, 9.17) is 54.2 Å². The van der Waals surface area contributed by atoms with Crippen LogP contribution in [0.2, 0.25) is 0 Å². The number of imidazole rings is 3. The second-order valence-corrected chi connectivity index (χ2v) is 26.6. The van der Waals surface area contributed by atoms with Gasteiger partial charge in [-0.3, -0.25) is 42.3 Å². The molecule has 0 saturated carbocycles. The molecule has 3 saturated heterocycles. The van der Waals surface area contributed by atoms with E-state index in [0.717, 1.165) is 30.7 Å². The number of nitrogen functional groups attached to an aromatic ring is 3. The average Bonchev–Trinajstić information content (AvgIpc) is 4.34. The quantitative estimate of drug-likeness (QED) is 0.0190. The molecule has 16 atom stereocenters. The summed E-state index contributed by atoms with van der Waals surface area (Å²) >= 11 is 0. The average molecular weight is 1280 g/mol. The first-order chi connectivity index (χ1) is 38.9. The Morgan fingerprint density at radius 3 is 1.98 bits per heavy atom. The van der Waals surface area contributed by atoms with E-state index in [1.54, 1.807) is 6.92 Å². The van der Waals surface area contributed by atoms with Gasteiger partial charge in [-0.15, -0.1) is 0 Å². The van der Waals surface area contributed by atoms with Crippen LogP contribution in [0.4, 0.5) is 17.7 Å². The van der Waals surface area contributed by atoms with Crippen LogP contribution >= 0.6 is 31.3 Å². The number of rotatable bonds is 25. The third-order valence-corrected chi connectivity index (χ3v) is 19.7. The van der Waals surface area contributed by atoms with E-state index < -0.39 is 152 Å². The zero-order valence-corrected chi connectivity index (χ0v) is 47.4. The van der Waals surface area contributed by atoms with Crippen molar-refractivity contribution >= 4 is 92.5 Å². The second-order valence-electron chi connectivity index (χ2n) is 18.6. The van der Waals surface area contributed by atoms with Gasteiger partial charge in [0.05, 0.1) is 51.4 Å². The molecular weight excluding hydrogens is 1220 g/mol. The molecule has 6 aromatic rings. The lowest BCUT2D eigenvalue weighted by molar-refractivity contribution is -0.646. The first-order valence-electron chi connectivity index (χ1n) is 24.2. The smallest absolute Gasteiger partial charge is 0.490 e. The molecule has 83 heavy (non-hydrogen) atoms. The van der Waals surface area contributed by atoms with Crippen molar-refractivity contribution in [2.45, 2.75) is 87.3 Å². The molecule has 9 heterocycles. The zero-order valence-electron chi connectivity index (χ0n) is 43.0. The standard InChI is InChI=1S/C37H54N16O25P4S/c1-4-5-6-83(67,68)45-7-15-16(73-33(22(15)54)53-14-50(2)21-30(53)47-37(40)49-32(21)58)8-71-80(61,62)77-82(65,66)78-81(63,64)72-10-18-25(26(69-3)35(75-18)51-12-43-19-27(38)41-11-42-28(19)51)76-79(59,60)70-9-17-23(55)24(56)34(74-17)52-13-44-20-29(52)46-36(39)48-31(20)57/h11-18,22-26,33-35,45,54-56H,4-10H2,1-3H3,(H11-,38,39,40,41,42,46,47,48,49,57,58,59,60,61,62,63,64,65,66)/t15-,16-,17-,18-,22-,23-,24-,25-,26-,33-,34-,35-/m1/s1. The third kappa shape index (κ3) is 13.4. The number of nitrogens with two attached hydrogens (primary N) is 3. The highest BCUT2D eigenvalue weighted by atomic mass is 32.2. The number of hydrogen-bond acceptors (Lipinski definition) is 31. The Morgan fingerprint density at radius 1 is 0.735 bits per heavy atom. The number of phosphoric ester groups is 3. The maximum absolute atomic E-state index is 13.7. The molecule has 46 heteroatoms. The fourth-order valence-corrected chi connectivity index (χ4v) is 15.0. The van der Waals surface area contributed by atoms with Crippen LogP contribution in [0.5, 0.6) is 0 Å². The number of aliphatic hydroxyl groups is 3. The summed E-state index contributed by atoms with van der Waals surface area (Å²) in [7, 11) is -25.5. The maximum atomic E-state index is 13.7. The van der Waals surface area contributed by atoms with Crippen LogP contribution in [0.15, 0.2) is 34.9 Å². The topological polar surface area (TPSA) is 591 Å². The molecule has 0 bridgehead atoms. The van der Waals surface area contributed by atoms with Crippen LogP contribution < -0.4 is 42.5 Å². The van der Waals surface area contributed by atoms with E-state index in [9.17, 15) is 71.2 Å². The van der Waals surface area contributed by atoms with Gasteiger partial charge < -0.3 is 80.1 Å². The number of phosphoric acid groups is 4. The molecule has 15 N–H and O–H groups in total. The zero-order chi connectivity index (χ0) is 60.3. The Hall–Kier alpha value is -5.20. The van der Waals surface area contributed by atoms with Crippen molar-refractivity contribution in [2.24, 2.45) is 13.0 Å². The summed E-state index contributed by atoms with van der Waals surface area (Å²) < 4.78 is 138. The number of sulfonamides is 1. The van der Waals surface area contributed by atoms with Crippen molar-refractivity contribution in [3.8, 4) is 0 Å². The Morgan fingerprint density at radius 2 is 1.31 bits per heavy atom. The van der Waals surface area contributed by atoms with Crippen LogP contribution in [0.1, 0.15) is 38.4 Å². The molecule has 0 amide bonds. The number of methoxy groups -OCH3 is 1. The molecule has 3 fully saturated rings. The van der Waals surface area contributed by atoms with Gasteiger partial charge >= 0.3 is 29.0 Å². The molecule has 0 radical (unpaired) electrons. The number of unbranched alkanes of at least 4 members (excludes halogenated alkanes) is 1. The fourth-order valence-electron chi connectivity index (χ4n) is 9.25. The van der Waals surface area contributed by atoms with Crippen molar-refractivity contribution in [3.05, 3.63) is 46.0 Å². The van der Waals surface area contributed by atoms with Gasteiger partial charge in [-0.25, -0.2) is 51.3 Å². The first kappa shape index (κ1) is 62.3. The van der Waals surface area contributed by atoms with Crippen LogP contribution in [-0.4, -0.2) is 180 Å². The number of H-pyrrole nitrogens is 2. The fraction of sp³-hybridized carbons (Fsp3) is 0.595. The highest BCUT2D eigenvalue weighted by molar-refractivity contribution is 7.89. The van der Waals surface area contributed by atoms with Gasteiger partial charge in [-0.05, 0) is 6.42 Å². The molecule has 0 spiro atoms. The predicted octanol–water partition coefficient (Wildman–Crippen LogP) is -4.37. The van der Waals surface area contributed by atoms with E-state index in [-0.39, 0.29) is 63.4 Å². The van der Waals surface area contributed by atoms with Crippen molar-refractivity contribution in [1.82, 2.24) is 58.3 Å². The van der Waals surface area contributed by atoms with Crippen molar-refractivity contribution in [2.75, 3.05) is 56.4 Å². The lowest BCUT2D eigenvalue weighted by atomic mass is 9.98. The summed E-state index contributed by atoms with van der Waals surface area (Å²) in [5.74, 6) is -2.43.